The molecule has 1 N–H and O–H groups in total. The van der Waals surface area contributed by atoms with Crippen LogP contribution in [0.15, 0.2) is 41.3 Å². The molecule has 7 nitrogen and oxygen atoms in total. The number of hydrogen-bond acceptors (Lipinski definition) is 6. The van der Waals surface area contributed by atoms with Gasteiger partial charge >= 0.3 is 12.3 Å². The Balaban J connectivity index is 2.39. The minimum absolute atomic E-state index is 0.0394. The molecule has 0 saturated heterocycles. The molecule has 0 unspecified atom stereocenters. The fourth-order valence-corrected chi connectivity index (χ4v) is 3.26. The lowest BCUT2D eigenvalue weighted by Gasteiger charge is -2.14. The summed E-state index contributed by atoms with van der Waals surface area (Å²) in [6.07, 6.45) is 0.869. The summed E-state index contributed by atoms with van der Waals surface area (Å²) in [6.45, 7) is -1.33. The number of ether oxygens (including phenoxy) is 1. The van der Waals surface area contributed by atoms with Gasteiger partial charge in [-0.05, 0) is 25.1 Å². The Hall–Kier alpha value is -2.75. The molecule has 2 rings (SSSR count). The number of aryl methyl sites for hydroxylation is 1. The van der Waals surface area contributed by atoms with Gasteiger partial charge in [-0.25, -0.2) is 8.42 Å². The first-order chi connectivity index (χ1) is 12.1. The molecule has 0 heterocycles. The summed E-state index contributed by atoms with van der Waals surface area (Å²) in [5.74, 6) is -0.0694. The standard InChI is InChI=1S/C16H16F2N2O5S/c1-10-6-7-13(25-16(17)18)11(8-10)9-19-12-4-3-5-14(26(2,23)24)15(12)20(21)22/h3-8,16,19H,9H2,1-2H3. The van der Waals surface area contributed by atoms with Gasteiger partial charge in [0.25, 0.3) is 0 Å². The van der Waals surface area contributed by atoms with Gasteiger partial charge in [0, 0.05) is 18.4 Å². The second-order valence-electron chi connectivity index (χ2n) is 5.52. The van der Waals surface area contributed by atoms with Gasteiger partial charge < -0.3 is 10.1 Å². The van der Waals surface area contributed by atoms with Crippen LogP contribution < -0.4 is 10.1 Å². The van der Waals surface area contributed by atoms with Crippen LogP contribution >= 0.6 is 0 Å². The van der Waals surface area contributed by atoms with E-state index in [9.17, 15) is 27.3 Å². The lowest BCUT2D eigenvalue weighted by molar-refractivity contribution is -0.386. The molecular weight excluding hydrogens is 370 g/mol. The van der Waals surface area contributed by atoms with Crippen LogP contribution in [0.3, 0.4) is 0 Å². The SMILES string of the molecule is Cc1ccc(OC(F)F)c(CNc2cccc(S(C)(=O)=O)c2[N+](=O)[O-])c1. The smallest absolute Gasteiger partial charge is 0.387 e. The third kappa shape index (κ3) is 4.66. The number of nitro benzene ring substituents is 1. The third-order valence-corrected chi connectivity index (χ3v) is 4.61. The maximum atomic E-state index is 12.5. The van der Waals surface area contributed by atoms with Crippen molar-refractivity contribution in [3.05, 3.63) is 57.6 Å². The number of para-hydroxylation sites is 1. The molecule has 0 bridgehead atoms. The van der Waals surface area contributed by atoms with E-state index in [-0.39, 0.29) is 18.0 Å². The quantitative estimate of drug-likeness (QED) is 0.577. The van der Waals surface area contributed by atoms with Crippen LogP contribution in [0.2, 0.25) is 0 Å². The number of halogens is 2. The molecule has 0 aliphatic carbocycles. The van der Waals surface area contributed by atoms with E-state index in [1.165, 1.54) is 18.2 Å². The zero-order valence-corrected chi connectivity index (χ0v) is 14.7. The van der Waals surface area contributed by atoms with E-state index >= 15 is 0 Å². The number of nitrogens with zero attached hydrogens (tertiary/aromatic N) is 1. The predicted octanol–water partition coefficient (Wildman–Crippen LogP) is 3.52. The molecule has 0 amide bonds. The Labute approximate surface area is 148 Å². The molecule has 0 aromatic heterocycles. The van der Waals surface area contributed by atoms with Crippen molar-refractivity contribution in [1.82, 2.24) is 0 Å². The van der Waals surface area contributed by atoms with Crippen molar-refractivity contribution in [3.63, 3.8) is 0 Å². The van der Waals surface area contributed by atoms with Gasteiger partial charge in [0.15, 0.2) is 9.84 Å². The van der Waals surface area contributed by atoms with E-state index in [2.05, 4.69) is 10.1 Å². The predicted molar refractivity (Wildman–Crippen MR) is 91.3 cm³/mol. The Bertz CT molecular complexity index is 932. The summed E-state index contributed by atoms with van der Waals surface area (Å²) < 4.78 is 53.0. The Morgan fingerprint density at radius 1 is 1.27 bits per heavy atom. The van der Waals surface area contributed by atoms with E-state index in [4.69, 9.17) is 0 Å². The number of nitrogens with one attached hydrogen (secondary N) is 1. The van der Waals surface area contributed by atoms with Crippen LogP contribution in [0.25, 0.3) is 0 Å². The summed E-state index contributed by atoms with van der Waals surface area (Å²) >= 11 is 0. The maximum Gasteiger partial charge on any atom is 0.387 e. The highest BCUT2D eigenvalue weighted by atomic mass is 32.2. The summed E-state index contributed by atoms with van der Waals surface area (Å²) in [4.78, 5) is 10.1. The van der Waals surface area contributed by atoms with E-state index in [0.717, 1.165) is 17.9 Å². The van der Waals surface area contributed by atoms with Crippen molar-refractivity contribution >= 4 is 21.2 Å². The second-order valence-corrected chi connectivity index (χ2v) is 7.51. The summed E-state index contributed by atoms with van der Waals surface area (Å²) in [6, 6.07) is 8.40. The number of benzene rings is 2. The number of anilines is 1. The van der Waals surface area contributed by atoms with Crippen molar-refractivity contribution in [2.24, 2.45) is 0 Å². The number of alkyl halides is 2. The van der Waals surface area contributed by atoms with Crippen LogP contribution in [0.4, 0.5) is 20.2 Å². The van der Waals surface area contributed by atoms with Crippen molar-refractivity contribution < 1.29 is 26.9 Å². The lowest BCUT2D eigenvalue weighted by atomic mass is 10.1. The minimum atomic E-state index is -3.82. The second kappa shape index (κ2) is 7.65. The average molecular weight is 386 g/mol. The average Bonchev–Trinajstić information content (AvgIpc) is 2.53. The first-order valence-electron chi connectivity index (χ1n) is 7.35. The molecule has 10 heteroatoms. The number of sulfone groups is 1. The number of nitro groups is 1. The molecule has 140 valence electrons. The molecule has 0 saturated carbocycles. The maximum absolute atomic E-state index is 12.5. The van der Waals surface area contributed by atoms with E-state index in [1.807, 2.05) is 0 Å². The van der Waals surface area contributed by atoms with Gasteiger partial charge in [-0.1, -0.05) is 23.8 Å². The molecule has 0 aliphatic rings. The molecule has 0 spiro atoms. The topological polar surface area (TPSA) is 98.5 Å². The van der Waals surface area contributed by atoms with E-state index in [0.29, 0.717) is 5.56 Å². The molecule has 2 aromatic carbocycles. The van der Waals surface area contributed by atoms with Gasteiger partial charge in [-0.15, -0.1) is 0 Å². The van der Waals surface area contributed by atoms with Crippen LogP contribution in [0, 0.1) is 17.0 Å². The van der Waals surface area contributed by atoms with E-state index in [1.54, 1.807) is 19.1 Å². The van der Waals surface area contributed by atoms with Gasteiger partial charge in [0.1, 0.15) is 16.3 Å². The molecular formula is C16H16F2N2O5S. The minimum Gasteiger partial charge on any atom is -0.434 e. The number of hydrogen-bond donors (Lipinski definition) is 1. The highest BCUT2D eigenvalue weighted by Gasteiger charge is 2.26. The van der Waals surface area contributed by atoms with Gasteiger partial charge in [-0.2, -0.15) is 8.78 Å². The monoisotopic (exact) mass is 386 g/mol. The Morgan fingerprint density at radius 3 is 2.54 bits per heavy atom. The van der Waals surface area contributed by atoms with Crippen molar-refractivity contribution in [1.29, 1.82) is 0 Å². The fourth-order valence-electron chi connectivity index (χ4n) is 2.40. The Morgan fingerprint density at radius 2 is 1.96 bits per heavy atom. The first-order valence-corrected chi connectivity index (χ1v) is 9.24. The molecule has 0 aliphatic heterocycles. The molecule has 0 radical (unpaired) electrons. The lowest BCUT2D eigenvalue weighted by Crippen LogP contribution is -2.10. The van der Waals surface area contributed by atoms with E-state index < -0.39 is 32.0 Å². The highest BCUT2D eigenvalue weighted by molar-refractivity contribution is 7.90. The Kier molecular flexibility index (Phi) is 5.76. The zero-order chi connectivity index (χ0) is 19.5. The van der Waals surface area contributed by atoms with Gasteiger partial charge in [0.2, 0.25) is 0 Å². The summed E-state index contributed by atoms with van der Waals surface area (Å²) in [5.41, 5.74) is 0.494. The normalized spacial score (nSPS) is 11.4. The third-order valence-electron chi connectivity index (χ3n) is 3.48. The highest BCUT2D eigenvalue weighted by Crippen LogP contribution is 2.33. The molecule has 0 atom stereocenters. The van der Waals surface area contributed by atoms with Gasteiger partial charge in [0.05, 0.1) is 4.92 Å². The van der Waals surface area contributed by atoms with Crippen LogP contribution in [0.5, 0.6) is 5.75 Å². The molecule has 0 fully saturated rings. The first kappa shape index (κ1) is 19.6. The van der Waals surface area contributed by atoms with Crippen molar-refractivity contribution in [2.75, 3.05) is 11.6 Å². The van der Waals surface area contributed by atoms with Gasteiger partial charge in [-0.3, -0.25) is 10.1 Å². The van der Waals surface area contributed by atoms with Crippen molar-refractivity contribution in [3.8, 4) is 5.75 Å². The number of rotatable bonds is 7. The van der Waals surface area contributed by atoms with Crippen LogP contribution in [-0.2, 0) is 16.4 Å². The molecule has 26 heavy (non-hydrogen) atoms. The summed E-state index contributed by atoms with van der Waals surface area (Å²) in [5, 5.41) is 14.1. The zero-order valence-electron chi connectivity index (χ0n) is 13.9. The largest absolute Gasteiger partial charge is 0.434 e. The van der Waals surface area contributed by atoms with Crippen LogP contribution in [-0.4, -0.2) is 26.2 Å². The fraction of sp³-hybridized carbons (Fsp3) is 0.250. The van der Waals surface area contributed by atoms with Crippen molar-refractivity contribution in [2.45, 2.75) is 25.0 Å². The summed E-state index contributed by atoms with van der Waals surface area (Å²) in [7, 11) is -3.82. The van der Waals surface area contributed by atoms with Crippen LogP contribution in [0.1, 0.15) is 11.1 Å². The molecule has 2 aromatic rings.